The molecule has 4 nitrogen and oxygen atoms in total. The fraction of sp³-hybridized carbons (Fsp3) is 0.278. The SMILES string of the molecule is COc1ccc(C)cc1NC(=O)N(C)C(C)c1ccccc1. The van der Waals surface area contributed by atoms with Gasteiger partial charge in [0.25, 0.3) is 0 Å². The van der Waals surface area contributed by atoms with Crippen molar-refractivity contribution in [3.8, 4) is 5.75 Å². The van der Waals surface area contributed by atoms with Crippen molar-refractivity contribution in [2.45, 2.75) is 19.9 Å². The van der Waals surface area contributed by atoms with Crippen LogP contribution in [0.15, 0.2) is 48.5 Å². The molecule has 0 saturated carbocycles. The molecule has 22 heavy (non-hydrogen) atoms. The highest BCUT2D eigenvalue weighted by Crippen LogP contribution is 2.26. The molecule has 0 aromatic heterocycles. The molecule has 0 radical (unpaired) electrons. The second-order valence-corrected chi connectivity index (χ2v) is 5.33. The van der Waals surface area contributed by atoms with Crippen LogP contribution in [0.5, 0.6) is 5.75 Å². The van der Waals surface area contributed by atoms with E-state index in [-0.39, 0.29) is 12.1 Å². The zero-order chi connectivity index (χ0) is 16.1. The molecular weight excluding hydrogens is 276 g/mol. The number of nitrogens with zero attached hydrogens (tertiary/aromatic N) is 1. The molecule has 0 aliphatic heterocycles. The lowest BCUT2D eigenvalue weighted by molar-refractivity contribution is 0.208. The lowest BCUT2D eigenvalue weighted by atomic mass is 10.1. The number of ether oxygens (including phenoxy) is 1. The molecule has 1 atom stereocenters. The molecule has 2 aromatic carbocycles. The van der Waals surface area contributed by atoms with Crippen LogP contribution in [-0.4, -0.2) is 25.1 Å². The van der Waals surface area contributed by atoms with Gasteiger partial charge in [-0.1, -0.05) is 36.4 Å². The molecule has 0 saturated heterocycles. The number of amides is 2. The molecular formula is C18H22N2O2. The fourth-order valence-corrected chi connectivity index (χ4v) is 2.25. The smallest absolute Gasteiger partial charge is 0.322 e. The summed E-state index contributed by atoms with van der Waals surface area (Å²) in [5.41, 5.74) is 2.84. The van der Waals surface area contributed by atoms with Gasteiger partial charge in [-0.2, -0.15) is 0 Å². The first-order chi connectivity index (χ1) is 10.5. The highest BCUT2D eigenvalue weighted by Gasteiger charge is 2.18. The van der Waals surface area contributed by atoms with Gasteiger partial charge >= 0.3 is 6.03 Å². The van der Waals surface area contributed by atoms with E-state index in [0.29, 0.717) is 11.4 Å². The predicted molar refractivity (Wildman–Crippen MR) is 89.4 cm³/mol. The topological polar surface area (TPSA) is 41.6 Å². The van der Waals surface area contributed by atoms with Gasteiger partial charge in [0.05, 0.1) is 18.8 Å². The third-order valence-corrected chi connectivity index (χ3v) is 3.78. The summed E-state index contributed by atoms with van der Waals surface area (Å²) in [6.45, 7) is 3.98. The lowest BCUT2D eigenvalue weighted by Crippen LogP contribution is -2.33. The Morgan fingerprint density at radius 1 is 1.18 bits per heavy atom. The summed E-state index contributed by atoms with van der Waals surface area (Å²) in [6, 6.07) is 15.5. The maximum Gasteiger partial charge on any atom is 0.322 e. The zero-order valence-electron chi connectivity index (χ0n) is 13.5. The van der Waals surface area contributed by atoms with Crippen LogP contribution in [0.1, 0.15) is 24.1 Å². The molecule has 0 aliphatic carbocycles. The Balaban J connectivity index is 2.13. The van der Waals surface area contributed by atoms with E-state index < -0.39 is 0 Å². The predicted octanol–water partition coefficient (Wildman–Crippen LogP) is 4.23. The molecule has 1 N–H and O–H groups in total. The normalized spacial score (nSPS) is 11.6. The standard InChI is InChI=1S/C18H22N2O2/c1-13-10-11-17(22-4)16(12-13)19-18(21)20(3)14(2)15-8-6-5-7-9-15/h5-12,14H,1-4H3,(H,19,21). The highest BCUT2D eigenvalue weighted by molar-refractivity contribution is 5.91. The minimum Gasteiger partial charge on any atom is -0.495 e. The number of anilines is 1. The molecule has 0 heterocycles. The number of carbonyl (C=O) groups is 1. The van der Waals surface area contributed by atoms with Crippen LogP contribution in [0.3, 0.4) is 0 Å². The van der Waals surface area contributed by atoms with Crippen LogP contribution in [0.25, 0.3) is 0 Å². The van der Waals surface area contributed by atoms with Gasteiger partial charge in [-0.25, -0.2) is 4.79 Å². The molecule has 2 aromatic rings. The van der Waals surface area contributed by atoms with Gasteiger partial charge in [-0.05, 0) is 37.1 Å². The van der Waals surface area contributed by atoms with Gasteiger partial charge in [0.1, 0.15) is 5.75 Å². The first kappa shape index (κ1) is 15.9. The molecule has 2 rings (SSSR count). The summed E-state index contributed by atoms with van der Waals surface area (Å²) >= 11 is 0. The average molecular weight is 298 g/mol. The van der Waals surface area contributed by atoms with Crippen LogP contribution in [0.2, 0.25) is 0 Å². The Bertz CT molecular complexity index is 641. The summed E-state index contributed by atoms with van der Waals surface area (Å²) in [6.07, 6.45) is 0. The number of aryl methyl sites for hydroxylation is 1. The van der Waals surface area contributed by atoms with Gasteiger partial charge in [0, 0.05) is 7.05 Å². The summed E-state index contributed by atoms with van der Waals surface area (Å²) in [5.74, 6) is 0.653. The molecule has 2 amide bonds. The first-order valence-electron chi connectivity index (χ1n) is 7.26. The maximum atomic E-state index is 12.5. The van der Waals surface area contributed by atoms with Crippen LogP contribution >= 0.6 is 0 Å². The first-order valence-corrected chi connectivity index (χ1v) is 7.26. The molecule has 0 bridgehead atoms. The quantitative estimate of drug-likeness (QED) is 0.917. The number of nitrogens with one attached hydrogen (secondary N) is 1. The lowest BCUT2D eigenvalue weighted by Gasteiger charge is -2.26. The van der Waals surface area contributed by atoms with E-state index >= 15 is 0 Å². The minimum absolute atomic E-state index is 0.0167. The second-order valence-electron chi connectivity index (χ2n) is 5.33. The average Bonchev–Trinajstić information content (AvgIpc) is 2.54. The largest absolute Gasteiger partial charge is 0.495 e. The number of methoxy groups -OCH3 is 1. The van der Waals surface area contributed by atoms with E-state index in [4.69, 9.17) is 4.74 Å². The molecule has 1 unspecified atom stereocenters. The van der Waals surface area contributed by atoms with Gasteiger partial charge in [-0.15, -0.1) is 0 Å². The van der Waals surface area contributed by atoms with Crippen molar-refractivity contribution in [1.29, 1.82) is 0 Å². The van der Waals surface area contributed by atoms with Crippen molar-refractivity contribution in [3.05, 3.63) is 59.7 Å². The van der Waals surface area contributed by atoms with Gasteiger partial charge in [0.15, 0.2) is 0 Å². The fourth-order valence-electron chi connectivity index (χ4n) is 2.25. The third-order valence-electron chi connectivity index (χ3n) is 3.78. The van der Waals surface area contributed by atoms with E-state index in [1.165, 1.54) is 0 Å². The number of hydrogen-bond acceptors (Lipinski definition) is 2. The molecule has 116 valence electrons. The van der Waals surface area contributed by atoms with Crippen LogP contribution in [0, 0.1) is 6.92 Å². The van der Waals surface area contributed by atoms with Crippen LogP contribution in [-0.2, 0) is 0 Å². The highest BCUT2D eigenvalue weighted by atomic mass is 16.5. The van der Waals surface area contributed by atoms with Crippen molar-refractivity contribution in [3.63, 3.8) is 0 Å². The van der Waals surface area contributed by atoms with Crippen molar-refractivity contribution in [1.82, 2.24) is 4.90 Å². The Morgan fingerprint density at radius 3 is 2.50 bits per heavy atom. The van der Waals surface area contributed by atoms with E-state index in [1.54, 1.807) is 19.1 Å². The Morgan fingerprint density at radius 2 is 1.86 bits per heavy atom. The number of rotatable bonds is 4. The van der Waals surface area contributed by atoms with Gasteiger partial charge in [-0.3, -0.25) is 0 Å². The number of benzene rings is 2. The molecule has 0 fully saturated rings. The Labute approximate surface area is 131 Å². The van der Waals surface area contributed by atoms with E-state index in [2.05, 4.69) is 5.32 Å². The second kappa shape index (κ2) is 6.98. The Kier molecular flexibility index (Phi) is 5.04. The zero-order valence-corrected chi connectivity index (χ0v) is 13.5. The number of hydrogen-bond donors (Lipinski definition) is 1. The Hall–Kier alpha value is -2.49. The van der Waals surface area contributed by atoms with Crippen molar-refractivity contribution in [2.75, 3.05) is 19.5 Å². The van der Waals surface area contributed by atoms with Gasteiger partial charge in [0.2, 0.25) is 0 Å². The minimum atomic E-state index is -0.166. The van der Waals surface area contributed by atoms with Crippen molar-refractivity contribution >= 4 is 11.7 Å². The van der Waals surface area contributed by atoms with Crippen molar-refractivity contribution in [2.24, 2.45) is 0 Å². The summed E-state index contributed by atoms with van der Waals surface area (Å²) < 4.78 is 5.29. The maximum absolute atomic E-state index is 12.5. The summed E-state index contributed by atoms with van der Waals surface area (Å²) in [7, 11) is 3.38. The number of carbonyl (C=O) groups excluding carboxylic acids is 1. The summed E-state index contributed by atoms with van der Waals surface area (Å²) in [5, 5.41) is 2.91. The van der Waals surface area contributed by atoms with E-state index in [1.807, 2.05) is 62.4 Å². The molecule has 0 aliphatic rings. The molecule has 4 heteroatoms. The number of urea groups is 1. The monoisotopic (exact) mass is 298 g/mol. The van der Waals surface area contributed by atoms with Crippen LogP contribution in [0.4, 0.5) is 10.5 Å². The summed E-state index contributed by atoms with van der Waals surface area (Å²) in [4.78, 5) is 14.1. The van der Waals surface area contributed by atoms with Crippen molar-refractivity contribution < 1.29 is 9.53 Å². The van der Waals surface area contributed by atoms with Gasteiger partial charge < -0.3 is 15.0 Å². The third kappa shape index (κ3) is 3.58. The van der Waals surface area contributed by atoms with E-state index in [0.717, 1.165) is 11.1 Å². The van der Waals surface area contributed by atoms with Crippen LogP contribution < -0.4 is 10.1 Å². The van der Waals surface area contributed by atoms with E-state index in [9.17, 15) is 4.79 Å². The molecule has 0 spiro atoms.